The first-order valence-corrected chi connectivity index (χ1v) is 7.20. The zero-order chi connectivity index (χ0) is 14.5. The van der Waals surface area contributed by atoms with Gasteiger partial charge in [-0.3, -0.25) is 4.79 Å². The summed E-state index contributed by atoms with van der Waals surface area (Å²) in [7, 11) is 0. The number of nitrogens with two attached hydrogens (primary N) is 1. The quantitative estimate of drug-likeness (QED) is 0.840. The molecule has 0 saturated heterocycles. The molecule has 1 atom stereocenters. The topological polar surface area (TPSA) is 55.1 Å². The molecule has 19 heavy (non-hydrogen) atoms. The van der Waals surface area contributed by atoms with E-state index in [2.05, 4.69) is 5.32 Å². The van der Waals surface area contributed by atoms with Gasteiger partial charge in [-0.2, -0.15) is 0 Å². The number of benzene rings is 1. The lowest BCUT2D eigenvalue weighted by Gasteiger charge is -2.28. The lowest BCUT2D eigenvalue weighted by molar-refractivity contribution is -0.127. The fourth-order valence-electron chi connectivity index (χ4n) is 1.99. The van der Waals surface area contributed by atoms with Crippen molar-refractivity contribution in [1.29, 1.82) is 0 Å². The van der Waals surface area contributed by atoms with Crippen LogP contribution in [-0.2, 0) is 4.79 Å². The Balaban J connectivity index is 2.83. The van der Waals surface area contributed by atoms with Gasteiger partial charge in [-0.05, 0) is 37.0 Å². The van der Waals surface area contributed by atoms with Crippen LogP contribution in [0.15, 0.2) is 24.3 Å². The third-order valence-electron chi connectivity index (χ3n) is 3.70. The van der Waals surface area contributed by atoms with E-state index in [9.17, 15) is 4.79 Å². The van der Waals surface area contributed by atoms with Crippen molar-refractivity contribution in [3.05, 3.63) is 34.9 Å². The Morgan fingerprint density at radius 1 is 1.26 bits per heavy atom. The molecule has 0 aromatic heterocycles. The predicted octanol–water partition coefficient (Wildman–Crippen LogP) is 3.42. The van der Waals surface area contributed by atoms with Crippen LogP contribution in [0.5, 0.6) is 0 Å². The van der Waals surface area contributed by atoms with Crippen LogP contribution in [0.4, 0.5) is 0 Å². The molecule has 0 fully saturated rings. The standard InChI is InChI=1S/C15H23ClN2O/c1-4-13(11-7-9-12(16)10-8-11)18-14(19)15(17,5-2)6-3/h7-10,13H,4-6,17H2,1-3H3,(H,18,19). The van der Waals surface area contributed by atoms with Crippen molar-refractivity contribution < 1.29 is 4.79 Å². The Kier molecular flexibility index (Phi) is 5.83. The molecule has 0 aliphatic carbocycles. The fraction of sp³-hybridized carbons (Fsp3) is 0.533. The largest absolute Gasteiger partial charge is 0.348 e. The highest BCUT2D eigenvalue weighted by molar-refractivity contribution is 6.30. The van der Waals surface area contributed by atoms with Crippen LogP contribution in [0.3, 0.4) is 0 Å². The third kappa shape index (κ3) is 3.95. The molecule has 3 nitrogen and oxygen atoms in total. The second-order valence-corrected chi connectivity index (χ2v) is 5.29. The molecular weight excluding hydrogens is 260 g/mol. The summed E-state index contributed by atoms with van der Waals surface area (Å²) in [6.07, 6.45) is 2.08. The molecule has 1 rings (SSSR count). The van der Waals surface area contributed by atoms with E-state index in [-0.39, 0.29) is 11.9 Å². The Labute approximate surface area is 120 Å². The highest BCUT2D eigenvalue weighted by Gasteiger charge is 2.31. The van der Waals surface area contributed by atoms with Gasteiger partial charge in [0.1, 0.15) is 0 Å². The second-order valence-electron chi connectivity index (χ2n) is 4.85. The Bertz CT molecular complexity index is 413. The van der Waals surface area contributed by atoms with Crippen molar-refractivity contribution >= 4 is 17.5 Å². The predicted molar refractivity (Wildman–Crippen MR) is 80.1 cm³/mol. The van der Waals surface area contributed by atoms with Gasteiger partial charge in [0.2, 0.25) is 5.91 Å². The minimum absolute atomic E-state index is 0.0224. The molecule has 1 unspecified atom stereocenters. The Hall–Kier alpha value is -1.06. The molecule has 0 heterocycles. The van der Waals surface area contributed by atoms with Gasteiger partial charge in [0.05, 0.1) is 11.6 Å². The van der Waals surface area contributed by atoms with Crippen LogP contribution in [-0.4, -0.2) is 11.4 Å². The van der Waals surface area contributed by atoms with Gasteiger partial charge >= 0.3 is 0 Å². The van der Waals surface area contributed by atoms with Gasteiger partial charge < -0.3 is 11.1 Å². The Morgan fingerprint density at radius 3 is 2.21 bits per heavy atom. The van der Waals surface area contributed by atoms with E-state index in [1.165, 1.54) is 0 Å². The number of nitrogens with one attached hydrogen (secondary N) is 1. The highest BCUT2D eigenvalue weighted by atomic mass is 35.5. The Morgan fingerprint density at radius 2 is 1.79 bits per heavy atom. The summed E-state index contributed by atoms with van der Waals surface area (Å²) in [6.45, 7) is 5.91. The summed E-state index contributed by atoms with van der Waals surface area (Å²) in [4.78, 5) is 12.3. The molecule has 1 aromatic rings. The summed E-state index contributed by atoms with van der Waals surface area (Å²) in [5.41, 5.74) is 6.38. The minimum Gasteiger partial charge on any atom is -0.348 e. The fourth-order valence-corrected chi connectivity index (χ4v) is 2.12. The molecule has 1 amide bonds. The molecule has 4 heteroatoms. The van der Waals surface area contributed by atoms with E-state index in [0.717, 1.165) is 12.0 Å². The third-order valence-corrected chi connectivity index (χ3v) is 3.95. The SMILES string of the molecule is CCC(NC(=O)C(N)(CC)CC)c1ccc(Cl)cc1. The number of carbonyl (C=O) groups excluding carboxylic acids is 1. The first kappa shape index (κ1) is 16.0. The zero-order valence-electron chi connectivity index (χ0n) is 11.9. The lowest BCUT2D eigenvalue weighted by Crippen LogP contribution is -2.53. The van der Waals surface area contributed by atoms with Crippen LogP contribution in [0.1, 0.15) is 51.6 Å². The van der Waals surface area contributed by atoms with Crippen molar-refractivity contribution in [2.75, 3.05) is 0 Å². The smallest absolute Gasteiger partial charge is 0.240 e. The maximum atomic E-state index is 12.3. The molecule has 0 radical (unpaired) electrons. The molecule has 0 saturated carbocycles. The van der Waals surface area contributed by atoms with Gasteiger partial charge in [0.25, 0.3) is 0 Å². The van der Waals surface area contributed by atoms with Gasteiger partial charge in [-0.15, -0.1) is 0 Å². The van der Waals surface area contributed by atoms with Crippen molar-refractivity contribution in [1.82, 2.24) is 5.32 Å². The van der Waals surface area contributed by atoms with E-state index in [0.29, 0.717) is 17.9 Å². The zero-order valence-corrected chi connectivity index (χ0v) is 12.6. The van der Waals surface area contributed by atoms with E-state index in [4.69, 9.17) is 17.3 Å². The van der Waals surface area contributed by atoms with Crippen molar-refractivity contribution in [2.45, 2.75) is 51.6 Å². The normalized spacial score (nSPS) is 13.1. The van der Waals surface area contributed by atoms with Crippen molar-refractivity contribution in [3.8, 4) is 0 Å². The van der Waals surface area contributed by atoms with E-state index in [1.54, 1.807) is 0 Å². The molecule has 0 bridgehead atoms. The highest BCUT2D eigenvalue weighted by Crippen LogP contribution is 2.21. The summed E-state index contributed by atoms with van der Waals surface area (Å²) >= 11 is 5.88. The maximum Gasteiger partial charge on any atom is 0.240 e. The van der Waals surface area contributed by atoms with Crippen LogP contribution < -0.4 is 11.1 Å². The molecule has 3 N–H and O–H groups in total. The van der Waals surface area contributed by atoms with E-state index < -0.39 is 5.54 Å². The first-order chi connectivity index (χ1) is 8.96. The molecule has 1 aromatic carbocycles. The maximum absolute atomic E-state index is 12.3. The van der Waals surface area contributed by atoms with Crippen LogP contribution >= 0.6 is 11.6 Å². The average Bonchev–Trinajstić information content (AvgIpc) is 2.44. The molecule has 106 valence electrons. The molecule has 0 aliphatic heterocycles. The number of hydrogen-bond donors (Lipinski definition) is 2. The first-order valence-electron chi connectivity index (χ1n) is 6.82. The van der Waals surface area contributed by atoms with Crippen molar-refractivity contribution in [3.63, 3.8) is 0 Å². The molecule has 0 aliphatic rings. The van der Waals surface area contributed by atoms with E-state index >= 15 is 0 Å². The van der Waals surface area contributed by atoms with Crippen LogP contribution in [0.25, 0.3) is 0 Å². The summed E-state index contributed by atoms with van der Waals surface area (Å²) in [5, 5.41) is 3.73. The summed E-state index contributed by atoms with van der Waals surface area (Å²) < 4.78 is 0. The second kappa shape index (κ2) is 6.92. The van der Waals surface area contributed by atoms with E-state index in [1.807, 2.05) is 45.0 Å². The summed E-state index contributed by atoms with van der Waals surface area (Å²) in [6, 6.07) is 7.52. The number of hydrogen-bond acceptors (Lipinski definition) is 2. The van der Waals surface area contributed by atoms with Gasteiger partial charge in [0.15, 0.2) is 0 Å². The average molecular weight is 283 g/mol. The number of halogens is 1. The van der Waals surface area contributed by atoms with Crippen molar-refractivity contribution in [2.24, 2.45) is 5.73 Å². The monoisotopic (exact) mass is 282 g/mol. The van der Waals surface area contributed by atoms with Crippen LogP contribution in [0.2, 0.25) is 5.02 Å². The lowest BCUT2D eigenvalue weighted by atomic mass is 9.92. The number of amides is 1. The van der Waals surface area contributed by atoms with Gasteiger partial charge in [0, 0.05) is 5.02 Å². The minimum atomic E-state index is -0.778. The molecule has 0 spiro atoms. The van der Waals surface area contributed by atoms with Crippen LogP contribution in [0, 0.1) is 0 Å². The number of rotatable bonds is 6. The number of carbonyl (C=O) groups is 1. The summed E-state index contributed by atoms with van der Waals surface area (Å²) in [5.74, 6) is -0.0840. The van der Waals surface area contributed by atoms with Gasteiger partial charge in [-0.1, -0.05) is 44.5 Å². The molecular formula is C15H23ClN2O. The van der Waals surface area contributed by atoms with Gasteiger partial charge in [-0.25, -0.2) is 0 Å².